The molecule has 3 nitrogen and oxygen atoms in total. The second-order valence-corrected chi connectivity index (χ2v) is 2.49. The number of hydrogen-bond donors (Lipinski definition) is 1. The lowest BCUT2D eigenvalue weighted by molar-refractivity contribution is 0.145. The molecule has 0 unspecified atom stereocenters. The summed E-state index contributed by atoms with van der Waals surface area (Å²) in [5.41, 5.74) is -2.36. The molecule has 74 valence electrons. The lowest BCUT2D eigenvalue weighted by Gasteiger charge is -2.05. The molecular formula is C8H5F3N2O. The van der Waals surface area contributed by atoms with Crippen molar-refractivity contribution in [3.8, 4) is 6.07 Å². The van der Waals surface area contributed by atoms with Crippen molar-refractivity contribution in [3.05, 3.63) is 33.5 Å². The average Bonchev–Trinajstić information content (AvgIpc) is 2.11. The van der Waals surface area contributed by atoms with Gasteiger partial charge in [-0.25, -0.2) is 13.2 Å². The summed E-state index contributed by atoms with van der Waals surface area (Å²) in [6.07, 6.45) is -3.07. The SMILES string of the molecule is N#CCc1c(C(F)F)c(F)c[nH]c1=O. The topological polar surface area (TPSA) is 56.6 Å². The van der Waals surface area contributed by atoms with E-state index in [0.29, 0.717) is 6.20 Å². The molecule has 1 heterocycles. The molecule has 0 fully saturated rings. The molecule has 0 radical (unpaired) electrons. The second kappa shape index (κ2) is 3.96. The molecule has 0 spiro atoms. The highest BCUT2D eigenvalue weighted by Crippen LogP contribution is 2.23. The zero-order valence-electron chi connectivity index (χ0n) is 6.85. The molecule has 0 amide bonds. The Hall–Kier alpha value is -1.77. The second-order valence-electron chi connectivity index (χ2n) is 2.49. The standard InChI is InChI=1S/C8H5F3N2O/c9-5-3-13-8(14)4(1-2-12)6(5)7(10)11/h3,7H,1H2,(H,13,14). The number of halogens is 3. The average molecular weight is 202 g/mol. The summed E-state index contributed by atoms with van der Waals surface area (Å²) >= 11 is 0. The van der Waals surface area contributed by atoms with Crippen molar-refractivity contribution in [2.45, 2.75) is 12.8 Å². The van der Waals surface area contributed by atoms with Crippen LogP contribution in [0.4, 0.5) is 13.2 Å². The fourth-order valence-corrected chi connectivity index (χ4v) is 1.05. The summed E-state index contributed by atoms with van der Waals surface area (Å²) < 4.78 is 37.4. The van der Waals surface area contributed by atoms with Gasteiger partial charge in [0.05, 0.1) is 18.1 Å². The molecule has 0 aliphatic carbocycles. The highest BCUT2D eigenvalue weighted by molar-refractivity contribution is 5.28. The quantitative estimate of drug-likeness (QED) is 0.790. The van der Waals surface area contributed by atoms with Crippen LogP contribution in [0.15, 0.2) is 11.0 Å². The van der Waals surface area contributed by atoms with Gasteiger partial charge in [-0.15, -0.1) is 0 Å². The number of aromatic amines is 1. The Morgan fingerprint density at radius 1 is 1.57 bits per heavy atom. The summed E-state index contributed by atoms with van der Waals surface area (Å²) in [5.74, 6) is -1.20. The molecule has 0 saturated carbocycles. The number of H-pyrrole nitrogens is 1. The lowest BCUT2D eigenvalue weighted by atomic mass is 10.1. The first-order chi connectivity index (χ1) is 6.57. The molecule has 0 atom stereocenters. The molecule has 1 aromatic rings. The van der Waals surface area contributed by atoms with Gasteiger partial charge in [0.2, 0.25) is 0 Å². The minimum absolute atomic E-state index is 0.512. The molecule has 0 aromatic carbocycles. The Morgan fingerprint density at radius 2 is 2.21 bits per heavy atom. The summed E-state index contributed by atoms with van der Waals surface area (Å²) in [6.45, 7) is 0. The van der Waals surface area contributed by atoms with Crippen LogP contribution in [0.5, 0.6) is 0 Å². The van der Waals surface area contributed by atoms with Crippen LogP contribution >= 0.6 is 0 Å². The fourth-order valence-electron chi connectivity index (χ4n) is 1.05. The molecule has 6 heteroatoms. The fraction of sp³-hybridized carbons (Fsp3) is 0.250. The third-order valence-electron chi connectivity index (χ3n) is 1.66. The maximum absolute atomic E-state index is 12.8. The maximum atomic E-state index is 12.8. The predicted octanol–water partition coefficient (Wildman–Crippen LogP) is 1.52. The molecule has 14 heavy (non-hydrogen) atoms. The van der Waals surface area contributed by atoms with Crippen LogP contribution in [0.2, 0.25) is 0 Å². The van der Waals surface area contributed by atoms with Gasteiger partial charge in [0, 0.05) is 11.8 Å². The smallest absolute Gasteiger partial charge is 0.267 e. The molecule has 0 bridgehead atoms. The first-order valence-electron chi connectivity index (χ1n) is 3.63. The molecule has 1 N–H and O–H groups in total. The lowest BCUT2D eigenvalue weighted by Crippen LogP contribution is -2.17. The van der Waals surface area contributed by atoms with E-state index in [1.807, 2.05) is 4.98 Å². The maximum Gasteiger partial charge on any atom is 0.267 e. The molecular weight excluding hydrogens is 197 g/mol. The number of nitrogens with one attached hydrogen (secondary N) is 1. The van der Waals surface area contributed by atoms with E-state index >= 15 is 0 Å². The van der Waals surface area contributed by atoms with Crippen LogP contribution in [0, 0.1) is 17.1 Å². The van der Waals surface area contributed by atoms with Crippen LogP contribution in [-0.2, 0) is 6.42 Å². The van der Waals surface area contributed by atoms with E-state index in [0.717, 1.165) is 0 Å². The molecule has 1 rings (SSSR count). The van der Waals surface area contributed by atoms with E-state index in [1.165, 1.54) is 6.07 Å². The minimum Gasteiger partial charge on any atom is -0.326 e. The van der Waals surface area contributed by atoms with Crippen molar-refractivity contribution in [3.63, 3.8) is 0 Å². The number of nitrogens with zero attached hydrogens (tertiary/aromatic N) is 1. The zero-order chi connectivity index (χ0) is 10.7. The number of nitriles is 1. The van der Waals surface area contributed by atoms with E-state index in [-0.39, 0.29) is 0 Å². The van der Waals surface area contributed by atoms with Crippen molar-refractivity contribution in [1.82, 2.24) is 4.98 Å². The van der Waals surface area contributed by atoms with Gasteiger partial charge >= 0.3 is 0 Å². The highest BCUT2D eigenvalue weighted by atomic mass is 19.3. The van der Waals surface area contributed by atoms with E-state index in [1.54, 1.807) is 0 Å². The third kappa shape index (κ3) is 1.76. The van der Waals surface area contributed by atoms with E-state index in [9.17, 15) is 18.0 Å². The van der Waals surface area contributed by atoms with Gasteiger partial charge in [-0.05, 0) is 0 Å². The predicted molar refractivity (Wildman–Crippen MR) is 41.3 cm³/mol. The number of hydrogen-bond acceptors (Lipinski definition) is 2. The summed E-state index contributed by atoms with van der Waals surface area (Å²) in [5, 5.41) is 8.27. The van der Waals surface area contributed by atoms with Crippen LogP contribution < -0.4 is 5.56 Å². The highest BCUT2D eigenvalue weighted by Gasteiger charge is 2.20. The minimum atomic E-state index is -3.10. The number of alkyl halides is 2. The zero-order valence-corrected chi connectivity index (χ0v) is 6.85. The summed E-state index contributed by atoms with van der Waals surface area (Å²) in [7, 11) is 0. The van der Waals surface area contributed by atoms with E-state index in [2.05, 4.69) is 0 Å². The first-order valence-corrected chi connectivity index (χ1v) is 3.63. The summed E-state index contributed by atoms with van der Waals surface area (Å²) in [6, 6.07) is 1.53. The molecule has 0 aliphatic rings. The van der Waals surface area contributed by atoms with E-state index in [4.69, 9.17) is 5.26 Å². The molecule has 1 aromatic heterocycles. The Bertz CT molecular complexity index is 433. The molecule has 0 aliphatic heterocycles. The van der Waals surface area contributed by atoms with Crippen molar-refractivity contribution in [1.29, 1.82) is 5.26 Å². The normalized spacial score (nSPS) is 10.2. The molecule has 0 saturated heterocycles. The van der Waals surface area contributed by atoms with Crippen molar-refractivity contribution in [2.75, 3.05) is 0 Å². The van der Waals surface area contributed by atoms with Crippen LogP contribution in [0.25, 0.3) is 0 Å². The van der Waals surface area contributed by atoms with Gasteiger partial charge in [-0.2, -0.15) is 5.26 Å². The van der Waals surface area contributed by atoms with Crippen LogP contribution in [0.1, 0.15) is 17.6 Å². The summed E-state index contributed by atoms with van der Waals surface area (Å²) in [4.78, 5) is 12.9. The van der Waals surface area contributed by atoms with Crippen molar-refractivity contribution >= 4 is 0 Å². The van der Waals surface area contributed by atoms with Gasteiger partial charge in [0.15, 0.2) is 0 Å². The monoisotopic (exact) mass is 202 g/mol. The van der Waals surface area contributed by atoms with Gasteiger partial charge in [0.25, 0.3) is 12.0 Å². The Morgan fingerprint density at radius 3 is 2.71 bits per heavy atom. The van der Waals surface area contributed by atoms with Crippen molar-refractivity contribution in [2.24, 2.45) is 0 Å². The third-order valence-corrected chi connectivity index (χ3v) is 1.66. The largest absolute Gasteiger partial charge is 0.326 e. The number of aromatic nitrogens is 1. The Balaban J connectivity index is 3.43. The van der Waals surface area contributed by atoms with Crippen LogP contribution in [0.3, 0.4) is 0 Å². The van der Waals surface area contributed by atoms with Gasteiger partial charge in [-0.1, -0.05) is 0 Å². The van der Waals surface area contributed by atoms with Crippen molar-refractivity contribution < 1.29 is 13.2 Å². The van der Waals surface area contributed by atoms with Crippen LogP contribution in [-0.4, -0.2) is 4.98 Å². The van der Waals surface area contributed by atoms with E-state index < -0.39 is 35.3 Å². The first kappa shape index (κ1) is 10.3. The Labute approximate surface area is 76.8 Å². The van der Waals surface area contributed by atoms with Gasteiger partial charge < -0.3 is 4.98 Å². The van der Waals surface area contributed by atoms with Gasteiger partial charge in [-0.3, -0.25) is 4.79 Å². The Kier molecular flexibility index (Phi) is 2.92. The van der Waals surface area contributed by atoms with Gasteiger partial charge in [0.1, 0.15) is 5.82 Å². The number of rotatable bonds is 2. The number of pyridine rings is 1.